The molecule has 0 amide bonds. The van der Waals surface area contributed by atoms with Gasteiger partial charge in [-0.3, -0.25) is 0 Å². The van der Waals surface area contributed by atoms with Crippen LogP contribution in [-0.4, -0.2) is 12.6 Å². The molecule has 0 unspecified atom stereocenters. The second-order valence-electron chi connectivity index (χ2n) is 2.76. The van der Waals surface area contributed by atoms with Crippen molar-refractivity contribution < 1.29 is 9.53 Å². The van der Waals surface area contributed by atoms with Crippen LogP contribution >= 0.6 is 27.5 Å². The minimum absolute atomic E-state index is 0.363. The lowest BCUT2D eigenvalue weighted by molar-refractivity contribution is -0.137. The number of carbonyl (C=O) groups excluding carboxylic acids is 1. The van der Waals surface area contributed by atoms with Gasteiger partial charge in [0.05, 0.1) is 6.61 Å². The molecule has 0 spiro atoms. The van der Waals surface area contributed by atoms with Gasteiger partial charge in [0.15, 0.2) is 0 Å². The highest BCUT2D eigenvalue weighted by Gasteiger charge is 2.05. The Labute approximate surface area is 102 Å². The first-order valence-electron chi connectivity index (χ1n) is 4.43. The van der Waals surface area contributed by atoms with Gasteiger partial charge in [0, 0.05) is 5.02 Å². The van der Waals surface area contributed by atoms with Crippen molar-refractivity contribution in [1.82, 2.24) is 0 Å². The van der Waals surface area contributed by atoms with Gasteiger partial charge in [-0.25, -0.2) is 4.79 Å². The first-order chi connectivity index (χ1) is 7.13. The van der Waals surface area contributed by atoms with Crippen LogP contribution in [0.2, 0.25) is 5.02 Å². The predicted octanol–water partition coefficient (Wildman–Crippen LogP) is 3.64. The van der Waals surface area contributed by atoms with Crippen LogP contribution in [0.4, 0.5) is 0 Å². The van der Waals surface area contributed by atoms with Crippen LogP contribution in [0, 0.1) is 0 Å². The van der Waals surface area contributed by atoms with Crippen molar-refractivity contribution in [2.45, 2.75) is 6.92 Å². The molecule has 0 aliphatic heterocycles. The van der Waals surface area contributed by atoms with Crippen molar-refractivity contribution in [3.63, 3.8) is 0 Å². The molecule has 0 bridgehead atoms. The molecule has 80 valence electrons. The number of esters is 1. The van der Waals surface area contributed by atoms with Crippen LogP contribution in [0.15, 0.2) is 28.7 Å². The first kappa shape index (κ1) is 12.3. The van der Waals surface area contributed by atoms with Crippen LogP contribution in [0.1, 0.15) is 12.5 Å². The summed E-state index contributed by atoms with van der Waals surface area (Å²) in [5.74, 6) is -0.368. The number of rotatable bonds is 3. The van der Waals surface area contributed by atoms with Gasteiger partial charge in [0.1, 0.15) is 4.48 Å². The molecule has 4 heteroatoms. The summed E-state index contributed by atoms with van der Waals surface area (Å²) in [7, 11) is 0. The molecule has 0 atom stereocenters. The molecule has 15 heavy (non-hydrogen) atoms. The summed E-state index contributed by atoms with van der Waals surface area (Å²) < 4.78 is 5.21. The molecule has 1 aromatic rings. The third kappa shape index (κ3) is 4.06. The van der Waals surface area contributed by atoms with E-state index in [0.29, 0.717) is 16.1 Å². The summed E-state index contributed by atoms with van der Waals surface area (Å²) in [6.07, 6.45) is 1.69. The van der Waals surface area contributed by atoms with Gasteiger partial charge in [0.2, 0.25) is 0 Å². The molecule has 0 aromatic heterocycles. The van der Waals surface area contributed by atoms with E-state index < -0.39 is 0 Å². The quantitative estimate of drug-likeness (QED) is 0.627. The highest BCUT2D eigenvalue weighted by molar-refractivity contribution is 9.12. The Morgan fingerprint density at radius 3 is 2.60 bits per heavy atom. The van der Waals surface area contributed by atoms with E-state index in [1.165, 1.54) is 0 Å². The van der Waals surface area contributed by atoms with Crippen molar-refractivity contribution in [3.05, 3.63) is 39.3 Å². The lowest BCUT2D eigenvalue weighted by Crippen LogP contribution is -2.02. The number of halogens is 2. The summed E-state index contributed by atoms with van der Waals surface area (Å²) in [5, 5.41) is 0.666. The summed E-state index contributed by atoms with van der Waals surface area (Å²) in [6, 6.07) is 7.17. The molecule has 0 saturated carbocycles. The van der Waals surface area contributed by atoms with Crippen molar-refractivity contribution in [2.24, 2.45) is 0 Å². The van der Waals surface area contributed by atoms with Gasteiger partial charge in [-0.2, -0.15) is 0 Å². The Morgan fingerprint density at radius 1 is 1.47 bits per heavy atom. The molecule has 1 aromatic carbocycles. The maximum atomic E-state index is 11.3. The molecular formula is C11H10BrClO2. The van der Waals surface area contributed by atoms with Gasteiger partial charge >= 0.3 is 5.97 Å². The lowest BCUT2D eigenvalue weighted by atomic mass is 10.2. The zero-order valence-corrected chi connectivity index (χ0v) is 10.5. The van der Waals surface area contributed by atoms with E-state index in [-0.39, 0.29) is 5.97 Å². The molecule has 2 nitrogen and oxygen atoms in total. The molecule has 0 fully saturated rings. The Morgan fingerprint density at radius 2 is 2.07 bits per heavy atom. The second kappa shape index (κ2) is 5.93. The van der Waals surface area contributed by atoms with Gasteiger partial charge in [-0.05, 0) is 46.6 Å². The average Bonchev–Trinajstić information content (AvgIpc) is 2.22. The molecule has 0 heterocycles. The minimum Gasteiger partial charge on any atom is -0.462 e. The minimum atomic E-state index is -0.368. The van der Waals surface area contributed by atoms with Gasteiger partial charge in [-0.15, -0.1) is 0 Å². The summed E-state index contributed by atoms with van der Waals surface area (Å²) in [5.41, 5.74) is 0.888. The monoisotopic (exact) mass is 288 g/mol. The Balaban J connectivity index is 2.78. The first-order valence-corrected chi connectivity index (χ1v) is 5.60. The number of benzene rings is 1. The summed E-state index contributed by atoms with van der Waals surface area (Å²) in [6.45, 7) is 2.13. The van der Waals surface area contributed by atoms with E-state index in [0.717, 1.165) is 5.56 Å². The van der Waals surface area contributed by atoms with Crippen molar-refractivity contribution in [1.29, 1.82) is 0 Å². The van der Waals surface area contributed by atoms with Crippen molar-refractivity contribution >= 4 is 39.6 Å². The lowest BCUT2D eigenvalue weighted by Gasteiger charge is -2.00. The van der Waals surface area contributed by atoms with E-state index in [4.69, 9.17) is 16.3 Å². The number of carbonyl (C=O) groups is 1. The van der Waals surface area contributed by atoms with Crippen LogP contribution in [-0.2, 0) is 9.53 Å². The van der Waals surface area contributed by atoms with Gasteiger partial charge in [0.25, 0.3) is 0 Å². The van der Waals surface area contributed by atoms with Crippen LogP contribution in [0.25, 0.3) is 6.08 Å². The van der Waals surface area contributed by atoms with Crippen molar-refractivity contribution in [3.8, 4) is 0 Å². The maximum Gasteiger partial charge on any atom is 0.345 e. The van der Waals surface area contributed by atoms with E-state index in [2.05, 4.69) is 15.9 Å². The van der Waals surface area contributed by atoms with Gasteiger partial charge in [-0.1, -0.05) is 23.7 Å². The normalized spacial score (nSPS) is 11.3. The number of hydrogen-bond donors (Lipinski definition) is 0. The van der Waals surface area contributed by atoms with E-state index in [1.807, 2.05) is 12.1 Å². The Bertz CT molecular complexity index is 371. The molecule has 0 radical (unpaired) electrons. The Hall–Kier alpha value is -0.800. The van der Waals surface area contributed by atoms with Crippen LogP contribution < -0.4 is 0 Å². The fourth-order valence-corrected chi connectivity index (χ4v) is 1.47. The van der Waals surface area contributed by atoms with Gasteiger partial charge < -0.3 is 4.74 Å². The number of hydrogen-bond acceptors (Lipinski definition) is 2. The smallest absolute Gasteiger partial charge is 0.345 e. The average molecular weight is 290 g/mol. The fraction of sp³-hybridized carbons (Fsp3) is 0.182. The van der Waals surface area contributed by atoms with E-state index in [1.54, 1.807) is 25.1 Å². The summed E-state index contributed by atoms with van der Waals surface area (Å²) >= 11 is 8.89. The fourth-order valence-electron chi connectivity index (χ4n) is 0.964. The Kier molecular flexibility index (Phi) is 4.85. The topological polar surface area (TPSA) is 26.3 Å². The van der Waals surface area contributed by atoms with E-state index in [9.17, 15) is 4.79 Å². The van der Waals surface area contributed by atoms with E-state index >= 15 is 0 Å². The largest absolute Gasteiger partial charge is 0.462 e. The SMILES string of the molecule is CCOC(=O)C(Br)=Cc1ccc(Cl)cc1. The second-order valence-corrected chi connectivity index (χ2v) is 4.06. The molecule has 1 rings (SSSR count). The highest BCUT2D eigenvalue weighted by Crippen LogP contribution is 2.16. The maximum absolute atomic E-state index is 11.3. The third-order valence-electron chi connectivity index (χ3n) is 1.63. The molecule has 0 aliphatic carbocycles. The third-order valence-corrected chi connectivity index (χ3v) is 2.44. The standard InChI is InChI=1S/C11H10BrClO2/c1-2-15-11(14)10(12)7-8-3-5-9(13)6-4-8/h3-7H,2H2,1H3. The molecule has 0 saturated heterocycles. The zero-order valence-electron chi connectivity index (χ0n) is 8.17. The highest BCUT2D eigenvalue weighted by atomic mass is 79.9. The van der Waals surface area contributed by atoms with Crippen LogP contribution in [0.5, 0.6) is 0 Å². The van der Waals surface area contributed by atoms with Crippen molar-refractivity contribution in [2.75, 3.05) is 6.61 Å². The molecule has 0 N–H and O–H groups in total. The van der Waals surface area contributed by atoms with Crippen LogP contribution in [0.3, 0.4) is 0 Å². The summed E-state index contributed by atoms with van der Waals surface area (Å²) in [4.78, 5) is 11.3. The molecule has 0 aliphatic rings. The predicted molar refractivity (Wildman–Crippen MR) is 65.0 cm³/mol. The number of ether oxygens (including phenoxy) is 1. The molecular weight excluding hydrogens is 279 g/mol. The zero-order chi connectivity index (χ0) is 11.3.